The summed E-state index contributed by atoms with van der Waals surface area (Å²) in [6, 6.07) is 7.95. The zero-order valence-corrected chi connectivity index (χ0v) is 14.0. The van der Waals surface area contributed by atoms with Crippen molar-refractivity contribution in [3.8, 4) is 5.75 Å². The second kappa shape index (κ2) is 13.2. The average Bonchev–Trinajstić information content (AvgIpc) is 2.56. The number of carbonyl (C=O) groups excluding carboxylic acids is 1. The van der Waals surface area contributed by atoms with Gasteiger partial charge in [-0.25, -0.2) is 4.79 Å². The minimum Gasteiger partial charge on any atom is -0.453 e. The summed E-state index contributed by atoms with van der Waals surface area (Å²) in [6.45, 7) is 2.27. The molecule has 0 saturated heterocycles. The van der Waals surface area contributed by atoms with Gasteiger partial charge in [-0.15, -0.1) is 0 Å². The van der Waals surface area contributed by atoms with E-state index in [1.54, 1.807) is 5.94 Å². The zero-order valence-electron chi connectivity index (χ0n) is 14.0. The van der Waals surface area contributed by atoms with Gasteiger partial charge in [0, 0.05) is 0 Å². The molecule has 0 unspecified atom stereocenters. The Hall–Kier alpha value is -1.53. The molecule has 0 aliphatic heterocycles. The van der Waals surface area contributed by atoms with Crippen LogP contribution >= 0.6 is 0 Å². The van der Waals surface area contributed by atoms with Gasteiger partial charge in [0.05, 0.1) is 0 Å². The number of unbranched alkanes of at least 4 members (excludes halogenated alkanes) is 9. The summed E-state index contributed by atoms with van der Waals surface area (Å²) in [5.41, 5.74) is 1.34. The van der Waals surface area contributed by atoms with E-state index in [0.717, 1.165) is 12.7 Å². The van der Waals surface area contributed by atoms with Crippen LogP contribution in [0.4, 0.5) is 0 Å². The molecule has 1 aromatic rings. The van der Waals surface area contributed by atoms with Gasteiger partial charge in [0.25, 0.3) is 0 Å². The Bertz CT molecular complexity index is 416. The molecule has 2 nitrogen and oxygen atoms in total. The zero-order chi connectivity index (χ0) is 15.9. The Morgan fingerprint density at radius 3 is 1.95 bits per heavy atom. The lowest BCUT2D eigenvalue weighted by Crippen LogP contribution is -1.88. The predicted molar refractivity (Wildman–Crippen MR) is 92.9 cm³/mol. The molecule has 0 amide bonds. The van der Waals surface area contributed by atoms with Gasteiger partial charge in [-0.1, -0.05) is 76.8 Å². The second-order valence-corrected chi connectivity index (χ2v) is 5.93. The van der Waals surface area contributed by atoms with Gasteiger partial charge in [-0.2, -0.15) is 0 Å². The number of hydrogen-bond acceptors (Lipinski definition) is 2. The quantitative estimate of drug-likeness (QED) is 0.258. The Labute approximate surface area is 135 Å². The van der Waals surface area contributed by atoms with Gasteiger partial charge in [0.15, 0.2) is 12.2 Å². The molecular weight excluding hydrogens is 272 g/mol. The van der Waals surface area contributed by atoms with Crippen molar-refractivity contribution in [2.45, 2.75) is 77.6 Å². The minimum atomic E-state index is 0.690. The van der Waals surface area contributed by atoms with Crippen LogP contribution in [0.1, 0.15) is 76.7 Å². The lowest BCUT2D eigenvalue weighted by Gasteiger charge is -2.04. The van der Waals surface area contributed by atoms with Gasteiger partial charge in [-0.05, 0) is 30.5 Å². The number of ether oxygens (including phenoxy) is 1. The van der Waals surface area contributed by atoms with Crippen LogP contribution in [-0.2, 0) is 11.2 Å². The molecule has 2 heteroatoms. The van der Waals surface area contributed by atoms with Gasteiger partial charge < -0.3 is 4.74 Å². The van der Waals surface area contributed by atoms with Gasteiger partial charge in [-0.3, -0.25) is 0 Å². The van der Waals surface area contributed by atoms with E-state index in [0.29, 0.717) is 5.75 Å². The van der Waals surface area contributed by atoms with Crippen LogP contribution < -0.4 is 4.74 Å². The fourth-order valence-corrected chi connectivity index (χ4v) is 2.64. The topological polar surface area (TPSA) is 26.3 Å². The molecule has 0 fully saturated rings. The van der Waals surface area contributed by atoms with Gasteiger partial charge in [0.1, 0.15) is 5.75 Å². The van der Waals surface area contributed by atoms with E-state index in [1.165, 1.54) is 69.8 Å². The highest BCUT2D eigenvalue weighted by atomic mass is 16.5. The number of rotatable bonds is 13. The summed E-state index contributed by atoms with van der Waals surface area (Å²) in [7, 11) is 0. The molecule has 0 aliphatic carbocycles. The van der Waals surface area contributed by atoms with Gasteiger partial charge in [0.2, 0.25) is 0 Å². The smallest absolute Gasteiger partial charge is 0.174 e. The SMILES string of the molecule is CCCCCCCCCCCCc1ccc(OC=C=O)cc1. The molecule has 0 spiro atoms. The highest BCUT2D eigenvalue weighted by Crippen LogP contribution is 2.15. The van der Waals surface area contributed by atoms with E-state index in [9.17, 15) is 4.79 Å². The molecule has 1 aromatic carbocycles. The molecule has 0 aliphatic rings. The largest absolute Gasteiger partial charge is 0.453 e. The molecule has 22 heavy (non-hydrogen) atoms. The van der Waals surface area contributed by atoms with Crippen LogP contribution in [0.5, 0.6) is 5.75 Å². The van der Waals surface area contributed by atoms with Crippen molar-refractivity contribution >= 4 is 5.94 Å². The normalized spacial score (nSPS) is 10.2. The van der Waals surface area contributed by atoms with E-state index in [-0.39, 0.29) is 0 Å². The summed E-state index contributed by atoms with van der Waals surface area (Å²) in [5, 5.41) is 0. The summed E-state index contributed by atoms with van der Waals surface area (Å²) in [6.07, 6.45) is 15.9. The standard InChI is InChI=1S/C20H30O2/c1-2-3-4-5-6-7-8-9-10-11-12-19-13-15-20(16-14-19)22-18-17-21/h13-16,18H,2-12H2,1H3. The van der Waals surface area contributed by atoms with Crippen molar-refractivity contribution in [3.63, 3.8) is 0 Å². The summed E-state index contributed by atoms with van der Waals surface area (Å²) in [5.74, 6) is 2.30. The first-order valence-electron chi connectivity index (χ1n) is 8.81. The van der Waals surface area contributed by atoms with Crippen molar-refractivity contribution in [3.05, 3.63) is 36.1 Å². The first kappa shape index (κ1) is 18.5. The molecule has 122 valence electrons. The highest BCUT2D eigenvalue weighted by molar-refractivity contribution is 5.43. The van der Waals surface area contributed by atoms with Crippen LogP contribution in [0.15, 0.2) is 30.5 Å². The number of benzene rings is 1. The highest BCUT2D eigenvalue weighted by Gasteiger charge is 1.96. The maximum absolute atomic E-state index is 10.1. The first-order valence-corrected chi connectivity index (χ1v) is 8.81. The Balaban J connectivity index is 1.99. The third-order valence-corrected chi connectivity index (χ3v) is 3.99. The van der Waals surface area contributed by atoms with Crippen molar-refractivity contribution in [1.29, 1.82) is 0 Å². The van der Waals surface area contributed by atoms with E-state index in [1.807, 2.05) is 12.1 Å². The maximum Gasteiger partial charge on any atom is 0.174 e. The molecule has 0 bridgehead atoms. The average molecular weight is 302 g/mol. The van der Waals surface area contributed by atoms with Crippen molar-refractivity contribution in [2.24, 2.45) is 0 Å². The van der Waals surface area contributed by atoms with E-state index in [4.69, 9.17) is 4.74 Å². The number of aryl methyl sites for hydroxylation is 1. The second-order valence-electron chi connectivity index (χ2n) is 5.93. The molecule has 1 rings (SSSR count). The third kappa shape index (κ3) is 9.41. The fraction of sp³-hybridized carbons (Fsp3) is 0.600. The lowest BCUT2D eigenvalue weighted by molar-refractivity contribution is 0.476. The molecule has 0 atom stereocenters. The summed E-state index contributed by atoms with van der Waals surface area (Å²) < 4.78 is 5.07. The number of hydrogen-bond donors (Lipinski definition) is 0. The molecular formula is C20H30O2. The Morgan fingerprint density at radius 1 is 0.864 bits per heavy atom. The third-order valence-electron chi connectivity index (χ3n) is 3.99. The van der Waals surface area contributed by atoms with Crippen LogP contribution in [0.25, 0.3) is 0 Å². The monoisotopic (exact) mass is 302 g/mol. The van der Waals surface area contributed by atoms with Gasteiger partial charge >= 0.3 is 0 Å². The molecule has 0 heterocycles. The Morgan fingerprint density at radius 2 is 1.41 bits per heavy atom. The predicted octanol–water partition coefficient (Wildman–Crippen LogP) is 5.87. The summed E-state index contributed by atoms with van der Waals surface area (Å²) >= 11 is 0. The molecule has 0 aromatic heterocycles. The first-order chi connectivity index (χ1) is 10.9. The molecule has 0 radical (unpaired) electrons. The van der Waals surface area contributed by atoms with Crippen LogP contribution in [0, 0.1) is 0 Å². The summed E-state index contributed by atoms with van der Waals surface area (Å²) in [4.78, 5) is 10.1. The van der Waals surface area contributed by atoms with Crippen LogP contribution in [-0.4, -0.2) is 5.94 Å². The maximum atomic E-state index is 10.1. The minimum absolute atomic E-state index is 0.690. The van der Waals surface area contributed by atoms with E-state index < -0.39 is 0 Å². The van der Waals surface area contributed by atoms with Crippen molar-refractivity contribution < 1.29 is 9.53 Å². The fourth-order valence-electron chi connectivity index (χ4n) is 2.64. The van der Waals surface area contributed by atoms with Crippen molar-refractivity contribution in [1.82, 2.24) is 0 Å². The molecule has 0 N–H and O–H groups in total. The Kier molecular flexibility index (Phi) is 11.1. The van der Waals surface area contributed by atoms with E-state index >= 15 is 0 Å². The van der Waals surface area contributed by atoms with Crippen LogP contribution in [0.2, 0.25) is 0 Å². The van der Waals surface area contributed by atoms with Crippen molar-refractivity contribution in [2.75, 3.05) is 0 Å². The van der Waals surface area contributed by atoms with Crippen LogP contribution in [0.3, 0.4) is 0 Å². The van der Waals surface area contributed by atoms with E-state index in [2.05, 4.69) is 19.1 Å². The molecule has 0 saturated carbocycles. The lowest BCUT2D eigenvalue weighted by atomic mass is 10.0.